The Labute approximate surface area is 127 Å². The van der Waals surface area contributed by atoms with E-state index in [1.54, 1.807) is 13.0 Å². The predicted octanol–water partition coefficient (Wildman–Crippen LogP) is 2.18. The first-order valence-electron chi connectivity index (χ1n) is 6.49. The van der Waals surface area contributed by atoms with E-state index in [2.05, 4.69) is 20.8 Å². The first-order chi connectivity index (χ1) is 9.66. The number of amides is 1. The number of aromatic nitrogens is 2. The quantitative estimate of drug-likeness (QED) is 0.796. The van der Waals surface area contributed by atoms with Crippen molar-refractivity contribution in [1.29, 1.82) is 0 Å². The summed E-state index contributed by atoms with van der Waals surface area (Å²) in [5.41, 5.74) is 2.93. The summed E-state index contributed by atoms with van der Waals surface area (Å²) in [6.45, 7) is 3.17. The molecule has 0 saturated carbocycles. The van der Waals surface area contributed by atoms with Crippen molar-refractivity contribution < 1.29 is 9.18 Å². The van der Waals surface area contributed by atoms with Gasteiger partial charge in [0.05, 0.1) is 17.4 Å². The van der Waals surface area contributed by atoms with E-state index < -0.39 is 0 Å². The van der Waals surface area contributed by atoms with Gasteiger partial charge in [0.2, 0.25) is 0 Å². The van der Waals surface area contributed by atoms with Gasteiger partial charge in [-0.05, 0) is 37.1 Å². The summed E-state index contributed by atoms with van der Waals surface area (Å²) in [7, 11) is 0. The standard InChI is InChI=1S/C14H15FN4O.ClH/c1-8-11(7-17-19-8)14(20)18-12-3-2-9-6-16-5-4-10(9)13(12)15;/h2-3,7,16H,4-6H2,1H3,(H,17,19)(H,18,20);1H. The van der Waals surface area contributed by atoms with E-state index in [9.17, 15) is 9.18 Å². The molecule has 3 N–H and O–H groups in total. The average Bonchev–Trinajstić information content (AvgIpc) is 2.88. The number of anilines is 1. The zero-order valence-electron chi connectivity index (χ0n) is 11.5. The minimum atomic E-state index is -0.357. The van der Waals surface area contributed by atoms with Crippen molar-refractivity contribution in [3.05, 3.63) is 46.5 Å². The van der Waals surface area contributed by atoms with Gasteiger partial charge in [-0.15, -0.1) is 12.4 Å². The summed E-state index contributed by atoms with van der Waals surface area (Å²) in [4.78, 5) is 12.1. The molecule has 1 aromatic carbocycles. The summed E-state index contributed by atoms with van der Waals surface area (Å²) in [6.07, 6.45) is 2.07. The Morgan fingerprint density at radius 1 is 1.43 bits per heavy atom. The van der Waals surface area contributed by atoms with E-state index in [1.165, 1.54) is 6.20 Å². The number of benzene rings is 1. The van der Waals surface area contributed by atoms with Crippen LogP contribution in [0.2, 0.25) is 0 Å². The number of hydrogen-bond donors (Lipinski definition) is 3. The fourth-order valence-corrected chi connectivity index (χ4v) is 2.40. The molecule has 0 spiro atoms. The highest BCUT2D eigenvalue weighted by Gasteiger charge is 2.18. The highest BCUT2D eigenvalue weighted by atomic mass is 35.5. The van der Waals surface area contributed by atoms with E-state index in [-0.39, 0.29) is 29.8 Å². The molecule has 1 aliphatic heterocycles. The number of aromatic amines is 1. The molecule has 2 aromatic rings. The second kappa shape index (κ2) is 6.24. The number of rotatable bonds is 2. The molecule has 112 valence electrons. The normalized spacial score (nSPS) is 13.2. The first-order valence-corrected chi connectivity index (χ1v) is 6.49. The van der Waals surface area contributed by atoms with Crippen LogP contribution in [-0.2, 0) is 13.0 Å². The average molecular weight is 311 g/mol. The van der Waals surface area contributed by atoms with Crippen molar-refractivity contribution >= 4 is 24.0 Å². The molecule has 0 fully saturated rings. The van der Waals surface area contributed by atoms with Crippen LogP contribution in [0.4, 0.5) is 10.1 Å². The van der Waals surface area contributed by atoms with Crippen LogP contribution in [0.1, 0.15) is 27.2 Å². The number of H-pyrrole nitrogens is 1. The van der Waals surface area contributed by atoms with Gasteiger partial charge in [-0.1, -0.05) is 6.07 Å². The molecule has 1 aliphatic rings. The van der Waals surface area contributed by atoms with E-state index >= 15 is 0 Å². The smallest absolute Gasteiger partial charge is 0.259 e. The zero-order valence-corrected chi connectivity index (χ0v) is 12.3. The van der Waals surface area contributed by atoms with Gasteiger partial charge in [0.15, 0.2) is 0 Å². The van der Waals surface area contributed by atoms with Gasteiger partial charge in [-0.25, -0.2) is 4.39 Å². The number of aryl methyl sites for hydroxylation is 1. The number of halogens is 2. The third kappa shape index (κ3) is 2.91. The van der Waals surface area contributed by atoms with Gasteiger partial charge in [-0.3, -0.25) is 9.89 Å². The van der Waals surface area contributed by atoms with Crippen LogP contribution in [0.15, 0.2) is 18.3 Å². The maximum Gasteiger partial charge on any atom is 0.259 e. The van der Waals surface area contributed by atoms with Crippen LogP contribution in [-0.4, -0.2) is 22.6 Å². The predicted molar refractivity (Wildman–Crippen MR) is 80.3 cm³/mol. The van der Waals surface area contributed by atoms with Crippen LogP contribution in [0.3, 0.4) is 0 Å². The fraction of sp³-hybridized carbons (Fsp3) is 0.286. The monoisotopic (exact) mass is 310 g/mol. The highest BCUT2D eigenvalue weighted by molar-refractivity contribution is 6.04. The van der Waals surface area contributed by atoms with Crippen LogP contribution >= 0.6 is 12.4 Å². The van der Waals surface area contributed by atoms with E-state index in [1.807, 2.05) is 6.07 Å². The van der Waals surface area contributed by atoms with Crippen molar-refractivity contribution in [3.63, 3.8) is 0 Å². The van der Waals surface area contributed by atoms with Gasteiger partial charge in [0.25, 0.3) is 5.91 Å². The molecule has 0 aliphatic carbocycles. The Hall–Kier alpha value is -1.92. The summed E-state index contributed by atoms with van der Waals surface area (Å²) in [5, 5.41) is 12.3. The van der Waals surface area contributed by atoms with Gasteiger partial charge in [0.1, 0.15) is 5.82 Å². The zero-order chi connectivity index (χ0) is 14.1. The van der Waals surface area contributed by atoms with E-state index in [0.717, 1.165) is 12.1 Å². The SMILES string of the molecule is Cc1[nH]ncc1C(=O)Nc1ccc2c(c1F)CCNC2.Cl. The van der Waals surface area contributed by atoms with Crippen molar-refractivity contribution in [2.24, 2.45) is 0 Å². The number of carbonyl (C=O) groups excluding carboxylic acids is 1. The summed E-state index contributed by atoms with van der Waals surface area (Å²) < 4.78 is 14.4. The number of nitrogens with zero attached hydrogens (tertiary/aromatic N) is 1. The van der Waals surface area contributed by atoms with Crippen LogP contribution < -0.4 is 10.6 Å². The number of nitrogens with one attached hydrogen (secondary N) is 3. The van der Waals surface area contributed by atoms with Gasteiger partial charge >= 0.3 is 0 Å². The molecule has 0 bridgehead atoms. The molecule has 0 unspecified atom stereocenters. The molecule has 2 heterocycles. The number of carbonyl (C=O) groups is 1. The molecule has 1 aromatic heterocycles. The molecule has 1 amide bonds. The Balaban J connectivity index is 0.00000161. The third-order valence-electron chi connectivity index (χ3n) is 3.53. The molecule has 5 nitrogen and oxygen atoms in total. The number of fused-ring (bicyclic) bond motifs is 1. The van der Waals surface area contributed by atoms with E-state index in [4.69, 9.17) is 0 Å². The van der Waals surface area contributed by atoms with Crippen LogP contribution in [0.5, 0.6) is 0 Å². The topological polar surface area (TPSA) is 69.8 Å². The van der Waals surface area contributed by atoms with Crippen molar-refractivity contribution in [1.82, 2.24) is 15.5 Å². The van der Waals surface area contributed by atoms with Gasteiger partial charge in [-0.2, -0.15) is 5.10 Å². The molecule has 0 atom stereocenters. The Kier molecular flexibility index (Phi) is 4.59. The van der Waals surface area contributed by atoms with Crippen molar-refractivity contribution in [3.8, 4) is 0 Å². The molecule has 0 radical (unpaired) electrons. The molecule has 21 heavy (non-hydrogen) atoms. The fourth-order valence-electron chi connectivity index (χ4n) is 2.40. The number of hydrogen-bond acceptors (Lipinski definition) is 3. The summed E-state index contributed by atoms with van der Waals surface area (Å²) in [6, 6.07) is 3.46. The lowest BCUT2D eigenvalue weighted by molar-refractivity contribution is 0.102. The van der Waals surface area contributed by atoms with Crippen LogP contribution in [0, 0.1) is 12.7 Å². The lowest BCUT2D eigenvalue weighted by Crippen LogP contribution is -2.25. The highest BCUT2D eigenvalue weighted by Crippen LogP contribution is 2.25. The Morgan fingerprint density at radius 2 is 2.24 bits per heavy atom. The molecular formula is C14H16ClFN4O. The summed E-state index contributed by atoms with van der Waals surface area (Å²) in [5.74, 6) is -0.692. The lowest BCUT2D eigenvalue weighted by atomic mass is 9.99. The Morgan fingerprint density at radius 3 is 2.95 bits per heavy atom. The maximum absolute atomic E-state index is 14.4. The minimum Gasteiger partial charge on any atom is -0.319 e. The van der Waals surface area contributed by atoms with E-state index in [0.29, 0.717) is 29.8 Å². The van der Waals surface area contributed by atoms with Crippen molar-refractivity contribution in [2.45, 2.75) is 19.9 Å². The maximum atomic E-state index is 14.4. The lowest BCUT2D eigenvalue weighted by Gasteiger charge is -2.19. The van der Waals surface area contributed by atoms with Gasteiger partial charge < -0.3 is 10.6 Å². The summed E-state index contributed by atoms with van der Waals surface area (Å²) >= 11 is 0. The Bertz CT molecular complexity index is 671. The first kappa shape index (κ1) is 15.5. The minimum absolute atomic E-state index is 0. The largest absolute Gasteiger partial charge is 0.319 e. The van der Waals surface area contributed by atoms with Crippen LogP contribution in [0.25, 0.3) is 0 Å². The molecule has 0 saturated heterocycles. The van der Waals surface area contributed by atoms with Gasteiger partial charge in [0, 0.05) is 12.2 Å². The van der Waals surface area contributed by atoms with Crippen molar-refractivity contribution in [2.75, 3.05) is 11.9 Å². The molecule has 3 rings (SSSR count). The third-order valence-corrected chi connectivity index (χ3v) is 3.53. The molecule has 7 heteroatoms. The second-order valence-corrected chi connectivity index (χ2v) is 4.85. The second-order valence-electron chi connectivity index (χ2n) is 4.85. The molecular weight excluding hydrogens is 295 g/mol.